The second-order valence-corrected chi connectivity index (χ2v) is 5.44. The van der Waals surface area contributed by atoms with Gasteiger partial charge in [-0.3, -0.25) is 0 Å². The Morgan fingerprint density at radius 1 is 1.28 bits per heavy atom. The van der Waals surface area contributed by atoms with Crippen molar-refractivity contribution in [2.45, 2.75) is 26.3 Å². The maximum absolute atomic E-state index is 5.27. The average Bonchev–Trinajstić information content (AvgIpc) is 3.10. The van der Waals surface area contributed by atoms with E-state index in [1.807, 2.05) is 13.1 Å². The van der Waals surface area contributed by atoms with Crippen molar-refractivity contribution in [1.82, 2.24) is 10.6 Å². The van der Waals surface area contributed by atoms with Crippen molar-refractivity contribution in [1.29, 1.82) is 0 Å². The molecule has 1 aliphatic rings. The molecule has 1 aliphatic carbocycles. The zero-order chi connectivity index (χ0) is 13.0. The van der Waals surface area contributed by atoms with E-state index in [-0.39, 0.29) is 0 Å². The van der Waals surface area contributed by atoms with Crippen LogP contribution in [-0.2, 0) is 6.54 Å². The van der Waals surface area contributed by atoms with Gasteiger partial charge in [0.15, 0.2) is 0 Å². The highest BCUT2D eigenvalue weighted by Gasteiger charge is 2.41. The molecule has 0 bridgehead atoms. The predicted molar refractivity (Wildman–Crippen MR) is 75.0 cm³/mol. The van der Waals surface area contributed by atoms with Crippen LogP contribution >= 0.6 is 0 Å². The van der Waals surface area contributed by atoms with E-state index < -0.39 is 0 Å². The van der Waals surface area contributed by atoms with Gasteiger partial charge in [0.05, 0.1) is 7.11 Å². The number of rotatable bonds is 7. The molecule has 0 spiro atoms. The molecule has 0 amide bonds. The van der Waals surface area contributed by atoms with Crippen molar-refractivity contribution in [3.05, 3.63) is 29.3 Å². The van der Waals surface area contributed by atoms with Gasteiger partial charge in [0, 0.05) is 19.6 Å². The number of ether oxygens (including phenoxy) is 1. The minimum atomic E-state index is 0.524. The SMILES string of the molecule is CNCC1(CNCc2ccc(OC)c(C)c2)CC1. The molecule has 0 aliphatic heterocycles. The summed E-state index contributed by atoms with van der Waals surface area (Å²) >= 11 is 0. The summed E-state index contributed by atoms with van der Waals surface area (Å²) in [7, 11) is 3.75. The van der Waals surface area contributed by atoms with E-state index in [2.05, 4.69) is 29.7 Å². The van der Waals surface area contributed by atoms with Gasteiger partial charge in [-0.05, 0) is 49.4 Å². The first-order chi connectivity index (χ1) is 8.69. The van der Waals surface area contributed by atoms with Gasteiger partial charge in [0.25, 0.3) is 0 Å². The monoisotopic (exact) mass is 248 g/mol. The maximum atomic E-state index is 5.27. The Labute approximate surface area is 110 Å². The second-order valence-electron chi connectivity index (χ2n) is 5.44. The third-order valence-corrected chi connectivity index (χ3v) is 3.80. The first kappa shape index (κ1) is 13.4. The molecule has 1 saturated carbocycles. The summed E-state index contributed by atoms with van der Waals surface area (Å²) in [6.07, 6.45) is 2.70. The molecule has 2 N–H and O–H groups in total. The van der Waals surface area contributed by atoms with Crippen LogP contribution in [0.25, 0.3) is 0 Å². The molecule has 1 aromatic carbocycles. The van der Waals surface area contributed by atoms with Gasteiger partial charge in [0.1, 0.15) is 5.75 Å². The zero-order valence-electron chi connectivity index (χ0n) is 11.7. The van der Waals surface area contributed by atoms with Crippen LogP contribution in [0.5, 0.6) is 5.75 Å². The van der Waals surface area contributed by atoms with Gasteiger partial charge in [-0.15, -0.1) is 0 Å². The molecule has 0 heterocycles. The van der Waals surface area contributed by atoms with Gasteiger partial charge in [-0.2, -0.15) is 0 Å². The van der Waals surface area contributed by atoms with Crippen molar-refractivity contribution in [3.8, 4) is 5.75 Å². The number of hydrogen-bond acceptors (Lipinski definition) is 3. The quantitative estimate of drug-likeness (QED) is 0.775. The normalized spacial score (nSPS) is 16.6. The van der Waals surface area contributed by atoms with E-state index >= 15 is 0 Å². The number of methoxy groups -OCH3 is 1. The van der Waals surface area contributed by atoms with E-state index in [1.54, 1.807) is 7.11 Å². The van der Waals surface area contributed by atoms with Gasteiger partial charge in [-0.25, -0.2) is 0 Å². The van der Waals surface area contributed by atoms with Crippen molar-refractivity contribution in [3.63, 3.8) is 0 Å². The maximum Gasteiger partial charge on any atom is 0.121 e. The summed E-state index contributed by atoms with van der Waals surface area (Å²) in [5.41, 5.74) is 3.05. The fourth-order valence-electron chi connectivity index (χ4n) is 2.49. The van der Waals surface area contributed by atoms with Crippen LogP contribution in [0.2, 0.25) is 0 Å². The molecular weight excluding hydrogens is 224 g/mol. The molecule has 2 rings (SSSR count). The Bertz CT molecular complexity index is 399. The fraction of sp³-hybridized carbons (Fsp3) is 0.600. The lowest BCUT2D eigenvalue weighted by atomic mass is 10.1. The van der Waals surface area contributed by atoms with E-state index in [1.165, 1.54) is 24.0 Å². The fourth-order valence-corrected chi connectivity index (χ4v) is 2.49. The minimum Gasteiger partial charge on any atom is -0.496 e. The van der Waals surface area contributed by atoms with Crippen molar-refractivity contribution < 1.29 is 4.74 Å². The Morgan fingerprint density at radius 3 is 2.61 bits per heavy atom. The number of aryl methyl sites for hydroxylation is 1. The molecule has 0 saturated heterocycles. The smallest absolute Gasteiger partial charge is 0.121 e. The lowest BCUT2D eigenvalue weighted by Crippen LogP contribution is -2.31. The second kappa shape index (κ2) is 5.72. The van der Waals surface area contributed by atoms with Gasteiger partial charge < -0.3 is 15.4 Å². The molecule has 0 atom stereocenters. The van der Waals surface area contributed by atoms with E-state index in [0.29, 0.717) is 5.41 Å². The Balaban J connectivity index is 1.82. The summed E-state index contributed by atoms with van der Waals surface area (Å²) in [4.78, 5) is 0. The first-order valence-electron chi connectivity index (χ1n) is 6.68. The molecule has 18 heavy (non-hydrogen) atoms. The Hall–Kier alpha value is -1.06. The van der Waals surface area contributed by atoms with Crippen LogP contribution in [0.15, 0.2) is 18.2 Å². The summed E-state index contributed by atoms with van der Waals surface area (Å²) in [6, 6.07) is 6.38. The lowest BCUT2D eigenvalue weighted by molar-refractivity contribution is 0.411. The average molecular weight is 248 g/mol. The molecule has 0 unspecified atom stereocenters. The molecule has 0 radical (unpaired) electrons. The number of hydrogen-bond donors (Lipinski definition) is 2. The summed E-state index contributed by atoms with van der Waals surface area (Å²) < 4.78 is 5.27. The minimum absolute atomic E-state index is 0.524. The summed E-state index contributed by atoms with van der Waals surface area (Å²) in [5, 5.41) is 6.86. The van der Waals surface area contributed by atoms with Gasteiger partial charge in [-0.1, -0.05) is 12.1 Å². The van der Waals surface area contributed by atoms with Crippen LogP contribution in [0.3, 0.4) is 0 Å². The van der Waals surface area contributed by atoms with Crippen molar-refractivity contribution in [2.75, 3.05) is 27.2 Å². The zero-order valence-corrected chi connectivity index (χ0v) is 11.7. The van der Waals surface area contributed by atoms with Crippen LogP contribution in [0.1, 0.15) is 24.0 Å². The molecular formula is C15H24N2O. The van der Waals surface area contributed by atoms with Crippen LogP contribution in [0, 0.1) is 12.3 Å². The van der Waals surface area contributed by atoms with Crippen LogP contribution < -0.4 is 15.4 Å². The molecule has 1 aromatic rings. The van der Waals surface area contributed by atoms with E-state index in [4.69, 9.17) is 4.74 Å². The lowest BCUT2D eigenvalue weighted by Gasteiger charge is -2.15. The number of benzene rings is 1. The van der Waals surface area contributed by atoms with Crippen LogP contribution in [0.4, 0.5) is 0 Å². The predicted octanol–water partition coefficient (Wildman–Crippen LogP) is 2.09. The first-order valence-corrected chi connectivity index (χ1v) is 6.68. The highest BCUT2D eigenvalue weighted by Crippen LogP contribution is 2.44. The molecule has 0 aromatic heterocycles. The highest BCUT2D eigenvalue weighted by molar-refractivity contribution is 5.36. The molecule has 3 nitrogen and oxygen atoms in total. The topological polar surface area (TPSA) is 33.3 Å². The Morgan fingerprint density at radius 2 is 2.06 bits per heavy atom. The summed E-state index contributed by atoms with van der Waals surface area (Å²) in [6.45, 7) is 5.27. The Kier molecular flexibility index (Phi) is 4.25. The standard InChI is InChI=1S/C15H24N2O/c1-12-8-13(4-5-14(12)18-3)9-17-11-15(6-7-15)10-16-2/h4-5,8,16-17H,6-7,9-11H2,1-3H3. The molecule has 100 valence electrons. The highest BCUT2D eigenvalue weighted by atomic mass is 16.5. The van der Waals surface area contributed by atoms with Crippen LogP contribution in [-0.4, -0.2) is 27.2 Å². The van der Waals surface area contributed by atoms with E-state index in [0.717, 1.165) is 25.4 Å². The largest absolute Gasteiger partial charge is 0.496 e. The molecule has 3 heteroatoms. The van der Waals surface area contributed by atoms with Gasteiger partial charge in [0.2, 0.25) is 0 Å². The third-order valence-electron chi connectivity index (χ3n) is 3.80. The number of nitrogens with one attached hydrogen (secondary N) is 2. The third kappa shape index (κ3) is 3.24. The molecule has 1 fully saturated rings. The van der Waals surface area contributed by atoms with E-state index in [9.17, 15) is 0 Å². The van der Waals surface area contributed by atoms with Crippen molar-refractivity contribution >= 4 is 0 Å². The van der Waals surface area contributed by atoms with Gasteiger partial charge >= 0.3 is 0 Å². The summed E-state index contributed by atoms with van der Waals surface area (Å²) in [5.74, 6) is 0.965. The van der Waals surface area contributed by atoms with Crippen molar-refractivity contribution in [2.24, 2.45) is 5.41 Å².